The van der Waals surface area contributed by atoms with Crippen molar-refractivity contribution in [1.82, 2.24) is 9.47 Å². The number of carbonyl (C=O) groups is 1. The number of hydrogen-bond donors (Lipinski definition) is 1. The van der Waals surface area contributed by atoms with Crippen molar-refractivity contribution in [3.05, 3.63) is 74.5 Å². The van der Waals surface area contributed by atoms with E-state index in [9.17, 15) is 9.59 Å². The van der Waals surface area contributed by atoms with Gasteiger partial charge in [0.05, 0.1) is 12.1 Å². The van der Waals surface area contributed by atoms with E-state index < -0.39 is 0 Å². The summed E-state index contributed by atoms with van der Waals surface area (Å²) in [4.78, 5) is 27.5. The molecule has 0 saturated heterocycles. The molecule has 0 fully saturated rings. The Bertz CT molecular complexity index is 1140. The van der Waals surface area contributed by atoms with Crippen molar-refractivity contribution in [2.24, 2.45) is 7.05 Å². The molecule has 5 nitrogen and oxygen atoms in total. The Labute approximate surface area is 168 Å². The summed E-state index contributed by atoms with van der Waals surface area (Å²) >= 11 is 5.97. The molecule has 1 N–H and O–H groups in total. The summed E-state index contributed by atoms with van der Waals surface area (Å²) < 4.78 is 2.12. The number of nitrogens with one attached hydrogen (secondary N) is 1. The maximum Gasteiger partial charge on any atom is 0.238 e. The molecule has 0 atom stereocenters. The Balaban J connectivity index is 1.57. The largest absolute Gasteiger partial charge is 0.347 e. The number of rotatable bonds is 3. The number of benzene rings is 2. The third-order valence-corrected chi connectivity index (χ3v) is 5.54. The van der Waals surface area contributed by atoms with Crippen LogP contribution in [0.4, 0.5) is 5.69 Å². The van der Waals surface area contributed by atoms with Crippen LogP contribution in [0.2, 0.25) is 5.02 Å². The molecule has 0 radical (unpaired) electrons. The van der Waals surface area contributed by atoms with Crippen LogP contribution in [-0.2, 0) is 24.8 Å². The van der Waals surface area contributed by atoms with E-state index >= 15 is 0 Å². The van der Waals surface area contributed by atoms with E-state index in [1.54, 1.807) is 24.3 Å². The molecule has 4 rings (SSSR count). The average Bonchev–Trinajstić information content (AvgIpc) is 2.66. The zero-order valence-corrected chi connectivity index (χ0v) is 16.7. The fourth-order valence-electron chi connectivity index (χ4n) is 3.92. The second-order valence-corrected chi connectivity index (χ2v) is 7.79. The van der Waals surface area contributed by atoms with Gasteiger partial charge in [-0.25, -0.2) is 0 Å². The highest BCUT2D eigenvalue weighted by Crippen LogP contribution is 2.22. The van der Waals surface area contributed by atoms with Gasteiger partial charge in [0.15, 0.2) is 5.43 Å². The first-order valence-electron chi connectivity index (χ1n) is 9.31. The lowest BCUT2D eigenvalue weighted by molar-refractivity contribution is -0.117. The fraction of sp³-hybridized carbons (Fsp3) is 0.273. The summed E-state index contributed by atoms with van der Waals surface area (Å²) in [6.07, 6.45) is 0.745. The van der Waals surface area contributed by atoms with Crippen LogP contribution < -0.4 is 10.7 Å². The Morgan fingerprint density at radius 3 is 2.82 bits per heavy atom. The summed E-state index contributed by atoms with van der Waals surface area (Å²) in [6, 6.07) is 13.1. The molecule has 0 bridgehead atoms. The normalized spacial score (nSPS) is 14.1. The Hall–Kier alpha value is -2.63. The lowest BCUT2D eigenvalue weighted by atomic mass is 10.0. The maximum absolute atomic E-state index is 13.1. The highest BCUT2D eigenvalue weighted by Gasteiger charge is 2.24. The number of anilines is 1. The molecule has 1 aliphatic rings. The van der Waals surface area contributed by atoms with E-state index in [-0.39, 0.29) is 17.9 Å². The van der Waals surface area contributed by atoms with Gasteiger partial charge in [-0.15, -0.1) is 0 Å². The molecule has 2 aromatic carbocycles. The number of halogens is 1. The Morgan fingerprint density at radius 2 is 2.04 bits per heavy atom. The second-order valence-electron chi connectivity index (χ2n) is 7.35. The van der Waals surface area contributed by atoms with E-state index in [4.69, 9.17) is 11.6 Å². The van der Waals surface area contributed by atoms with Crippen molar-refractivity contribution in [3.63, 3.8) is 0 Å². The number of aromatic nitrogens is 1. The van der Waals surface area contributed by atoms with Crippen molar-refractivity contribution in [2.45, 2.75) is 19.9 Å². The first-order valence-corrected chi connectivity index (χ1v) is 9.69. The van der Waals surface area contributed by atoms with E-state index in [1.807, 2.05) is 37.1 Å². The summed E-state index contributed by atoms with van der Waals surface area (Å²) in [6.45, 7) is 3.45. The van der Waals surface area contributed by atoms with Crippen LogP contribution >= 0.6 is 11.6 Å². The van der Waals surface area contributed by atoms with Crippen molar-refractivity contribution in [1.29, 1.82) is 0 Å². The standard InChI is InChI=1S/C22H22ClN3O2/c1-14-6-7-19-17(10-14)22(28)18-12-26(9-8-20(18)25(19)2)13-21(27)24-16-5-3-4-15(23)11-16/h3-7,10-11H,8-9,12-13H2,1-2H3,(H,24,27). The number of amides is 1. The minimum atomic E-state index is -0.112. The molecule has 0 unspecified atom stereocenters. The van der Waals surface area contributed by atoms with Crippen LogP contribution in [0.15, 0.2) is 47.3 Å². The lowest BCUT2D eigenvalue weighted by Gasteiger charge is -2.29. The van der Waals surface area contributed by atoms with Crippen LogP contribution in [0.1, 0.15) is 16.8 Å². The molecule has 0 aliphatic carbocycles. The van der Waals surface area contributed by atoms with Gasteiger partial charge in [-0.2, -0.15) is 0 Å². The summed E-state index contributed by atoms with van der Waals surface area (Å²) in [7, 11) is 2.01. The molecule has 0 spiro atoms. The van der Waals surface area contributed by atoms with Gasteiger partial charge in [0.25, 0.3) is 0 Å². The first kappa shape index (κ1) is 18.7. The topological polar surface area (TPSA) is 54.3 Å². The highest BCUT2D eigenvalue weighted by molar-refractivity contribution is 6.30. The predicted molar refractivity (Wildman–Crippen MR) is 113 cm³/mol. The smallest absolute Gasteiger partial charge is 0.238 e. The van der Waals surface area contributed by atoms with Gasteiger partial charge >= 0.3 is 0 Å². The minimum absolute atomic E-state index is 0.0757. The first-order chi connectivity index (χ1) is 13.4. The van der Waals surface area contributed by atoms with Crippen LogP contribution in [0.25, 0.3) is 10.9 Å². The Morgan fingerprint density at radius 1 is 1.21 bits per heavy atom. The van der Waals surface area contributed by atoms with Gasteiger partial charge in [0.2, 0.25) is 5.91 Å². The molecular formula is C22H22ClN3O2. The summed E-state index contributed by atoms with van der Waals surface area (Å²) in [5.74, 6) is -0.112. The van der Waals surface area contributed by atoms with Crippen molar-refractivity contribution < 1.29 is 4.79 Å². The van der Waals surface area contributed by atoms with Gasteiger partial charge in [0, 0.05) is 53.9 Å². The van der Waals surface area contributed by atoms with Gasteiger partial charge in [-0.3, -0.25) is 14.5 Å². The molecule has 2 heterocycles. The minimum Gasteiger partial charge on any atom is -0.347 e. The predicted octanol–water partition coefficient (Wildman–Crippen LogP) is 3.50. The molecule has 0 saturated carbocycles. The second kappa shape index (κ2) is 7.41. The van der Waals surface area contributed by atoms with E-state index in [0.717, 1.165) is 40.7 Å². The van der Waals surface area contributed by atoms with Gasteiger partial charge in [0.1, 0.15) is 0 Å². The lowest BCUT2D eigenvalue weighted by Crippen LogP contribution is -2.40. The van der Waals surface area contributed by atoms with Crippen molar-refractivity contribution in [2.75, 3.05) is 18.4 Å². The number of hydrogen-bond acceptors (Lipinski definition) is 3. The fourth-order valence-corrected chi connectivity index (χ4v) is 4.11. The molecule has 1 aromatic heterocycles. The maximum atomic E-state index is 13.1. The number of aryl methyl sites for hydroxylation is 2. The molecule has 6 heteroatoms. The van der Waals surface area contributed by atoms with Gasteiger partial charge in [-0.1, -0.05) is 29.3 Å². The monoisotopic (exact) mass is 395 g/mol. The van der Waals surface area contributed by atoms with E-state index in [0.29, 0.717) is 17.3 Å². The van der Waals surface area contributed by atoms with Crippen molar-refractivity contribution >= 4 is 34.1 Å². The molecular weight excluding hydrogens is 374 g/mol. The molecule has 28 heavy (non-hydrogen) atoms. The van der Waals surface area contributed by atoms with E-state index in [2.05, 4.69) is 9.88 Å². The highest BCUT2D eigenvalue weighted by atomic mass is 35.5. The number of fused-ring (bicyclic) bond motifs is 2. The molecule has 3 aromatic rings. The SMILES string of the molecule is Cc1ccc2c(c1)c(=O)c1c(n2C)CCN(CC(=O)Nc2cccc(Cl)c2)C1. The van der Waals surface area contributed by atoms with Gasteiger partial charge < -0.3 is 9.88 Å². The van der Waals surface area contributed by atoms with E-state index in [1.165, 1.54) is 0 Å². The van der Waals surface area contributed by atoms with Gasteiger partial charge in [-0.05, 0) is 37.3 Å². The zero-order valence-electron chi connectivity index (χ0n) is 16.0. The zero-order chi connectivity index (χ0) is 19.8. The van der Waals surface area contributed by atoms with Crippen molar-refractivity contribution in [3.8, 4) is 0 Å². The van der Waals surface area contributed by atoms with Crippen LogP contribution in [0, 0.1) is 6.92 Å². The quantitative estimate of drug-likeness (QED) is 0.738. The number of pyridine rings is 1. The molecule has 1 amide bonds. The number of carbonyl (C=O) groups excluding carboxylic acids is 1. The third kappa shape index (κ3) is 3.55. The van der Waals surface area contributed by atoms with Crippen LogP contribution in [-0.4, -0.2) is 28.5 Å². The Kier molecular flexibility index (Phi) is 4.96. The molecule has 144 valence electrons. The average molecular weight is 396 g/mol. The number of nitrogens with zero attached hydrogens (tertiary/aromatic N) is 2. The van der Waals surface area contributed by atoms with Crippen LogP contribution in [0.3, 0.4) is 0 Å². The third-order valence-electron chi connectivity index (χ3n) is 5.31. The molecule has 1 aliphatic heterocycles. The summed E-state index contributed by atoms with van der Waals surface area (Å²) in [5, 5.41) is 4.19. The summed E-state index contributed by atoms with van der Waals surface area (Å²) in [5.41, 5.74) is 4.63. The van der Waals surface area contributed by atoms with Crippen LogP contribution in [0.5, 0.6) is 0 Å².